The number of rotatable bonds is 5. The zero-order chi connectivity index (χ0) is 22.0. The molecule has 0 bridgehead atoms. The molecular weight excluding hydrogens is 390 g/mol. The third kappa shape index (κ3) is 3.90. The molecule has 0 spiro atoms. The molecule has 0 aliphatic carbocycles. The molecule has 0 saturated heterocycles. The highest BCUT2D eigenvalue weighted by Gasteiger charge is 2.23. The zero-order valence-electron chi connectivity index (χ0n) is 17.3. The van der Waals surface area contributed by atoms with Crippen LogP contribution in [0.4, 0.5) is 0 Å². The van der Waals surface area contributed by atoms with Crippen LogP contribution in [0.3, 0.4) is 0 Å². The quantitative estimate of drug-likeness (QED) is 0.357. The van der Waals surface area contributed by atoms with Crippen LogP contribution in [0.25, 0.3) is 21.9 Å². The second-order valence-electron chi connectivity index (χ2n) is 7.36. The number of aryl methyl sites for hydroxylation is 1. The maximum atomic E-state index is 13.1. The molecule has 0 unspecified atom stereocenters. The van der Waals surface area contributed by atoms with E-state index < -0.39 is 12.6 Å². The molecule has 0 N–H and O–H groups in total. The minimum atomic E-state index is -0.718. The number of Topliss-reactive ketones (excluding diaryl/α,β-unsaturated/α-hetero) is 1. The molecule has 0 aliphatic rings. The van der Waals surface area contributed by atoms with Gasteiger partial charge in [-0.2, -0.15) is 0 Å². The van der Waals surface area contributed by atoms with E-state index in [1.54, 1.807) is 31.3 Å². The van der Waals surface area contributed by atoms with Gasteiger partial charge in [0.05, 0.1) is 0 Å². The lowest BCUT2D eigenvalue weighted by molar-refractivity contribution is 0.0465. The van der Waals surface area contributed by atoms with Crippen molar-refractivity contribution in [3.63, 3.8) is 0 Å². The van der Waals surface area contributed by atoms with E-state index >= 15 is 0 Å². The van der Waals surface area contributed by atoms with Crippen LogP contribution < -0.4 is 5.56 Å². The summed E-state index contributed by atoms with van der Waals surface area (Å²) >= 11 is 0. The van der Waals surface area contributed by atoms with Gasteiger partial charge in [0.25, 0.3) is 5.56 Å². The largest absolute Gasteiger partial charge is 0.453 e. The molecule has 154 valence electrons. The van der Waals surface area contributed by atoms with Crippen molar-refractivity contribution in [2.45, 2.75) is 6.92 Å². The van der Waals surface area contributed by atoms with E-state index in [4.69, 9.17) is 4.74 Å². The number of carbonyl (C=O) groups is 2. The monoisotopic (exact) mass is 411 g/mol. The summed E-state index contributed by atoms with van der Waals surface area (Å²) in [5.41, 5.74) is 2.71. The number of ketones is 1. The van der Waals surface area contributed by atoms with Gasteiger partial charge in [-0.05, 0) is 23.9 Å². The fourth-order valence-electron chi connectivity index (χ4n) is 3.62. The van der Waals surface area contributed by atoms with Crippen LogP contribution in [0.5, 0.6) is 0 Å². The van der Waals surface area contributed by atoms with Gasteiger partial charge in [-0.25, -0.2) is 4.79 Å². The fraction of sp³-hybridized carbons (Fsp3) is 0.115. The van der Waals surface area contributed by atoms with Crippen molar-refractivity contribution in [2.24, 2.45) is 7.05 Å². The molecular formula is C26H21NO4. The first-order valence-corrected chi connectivity index (χ1v) is 9.91. The third-order valence-corrected chi connectivity index (χ3v) is 5.27. The summed E-state index contributed by atoms with van der Waals surface area (Å²) in [6, 6.07) is 23.6. The molecule has 31 heavy (non-hydrogen) atoms. The van der Waals surface area contributed by atoms with Gasteiger partial charge in [-0.1, -0.05) is 78.4 Å². The van der Waals surface area contributed by atoms with Gasteiger partial charge in [0.1, 0.15) is 5.69 Å². The highest BCUT2D eigenvalue weighted by atomic mass is 16.5. The lowest BCUT2D eigenvalue weighted by Crippen LogP contribution is -2.27. The van der Waals surface area contributed by atoms with Crippen molar-refractivity contribution >= 4 is 22.5 Å². The second-order valence-corrected chi connectivity index (χ2v) is 7.36. The first kappa shape index (κ1) is 20.3. The van der Waals surface area contributed by atoms with E-state index in [0.29, 0.717) is 21.9 Å². The van der Waals surface area contributed by atoms with Gasteiger partial charge in [0.15, 0.2) is 12.4 Å². The van der Waals surface area contributed by atoms with Gasteiger partial charge >= 0.3 is 5.97 Å². The third-order valence-electron chi connectivity index (χ3n) is 5.27. The van der Waals surface area contributed by atoms with Gasteiger partial charge < -0.3 is 9.30 Å². The first-order chi connectivity index (χ1) is 15.0. The fourth-order valence-corrected chi connectivity index (χ4v) is 3.62. The summed E-state index contributed by atoms with van der Waals surface area (Å²) in [6.45, 7) is 1.52. The number of hydrogen-bond acceptors (Lipinski definition) is 4. The van der Waals surface area contributed by atoms with E-state index in [9.17, 15) is 14.4 Å². The average molecular weight is 411 g/mol. The molecule has 1 heterocycles. The molecule has 4 aromatic rings. The van der Waals surface area contributed by atoms with Crippen molar-refractivity contribution < 1.29 is 14.3 Å². The van der Waals surface area contributed by atoms with Gasteiger partial charge in [-0.15, -0.1) is 0 Å². The highest BCUT2D eigenvalue weighted by Crippen LogP contribution is 2.30. The molecule has 0 fully saturated rings. The first-order valence-electron chi connectivity index (χ1n) is 9.91. The number of ether oxygens (including phenoxy) is 1. The van der Waals surface area contributed by atoms with Crippen LogP contribution in [0.15, 0.2) is 83.7 Å². The Kier molecular flexibility index (Phi) is 5.50. The molecule has 4 rings (SSSR count). The molecule has 0 amide bonds. The minimum Gasteiger partial charge on any atom is -0.453 e. The summed E-state index contributed by atoms with van der Waals surface area (Å²) in [4.78, 5) is 38.5. The van der Waals surface area contributed by atoms with Crippen molar-refractivity contribution in [3.05, 3.63) is 106 Å². The number of hydrogen-bond donors (Lipinski definition) is 0. The number of pyridine rings is 1. The average Bonchev–Trinajstić information content (AvgIpc) is 2.80. The van der Waals surface area contributed by atoms with E-state index in [0.717, 1.165) is 11.1 Å². The Morgan fingerprint density at radius 2 is 1.45 bits per heavy atom. The van der Waals surface area contributed by atoms with Crippen molar-refractivity contribution in [1.29, 1.82) is 0 Å². The lowest BCUT2D eigenvalue weighted by atomic mass is 9.97. The van der Waals surface area contributed by atoms with Crippen molar-refractivity contribution in [2.75, 3.05) is 6.61 Å². The van der Waals surface area contributed by atoms with E-state index in [-0.39, 0.29) is 17.0 Å². The number of benzene rings is 3. The normalized spacial score (nSPS) is 10.8. The van der Waals surface area contributed by atoms with Crippen LogP contribution in [0.2, 0.25) is 0 Å². The number of aromatic nitrogens is 1. The molecule has 0 aliphatic heterocycles. The van der Waals surface area contributed by atoms with E-state index in [1.807, 2.05) is 61.5 Å². The molecule has 1 aromatic heterocycles. The Hall–Kier alpha value is -3.99. The number of esters is 1. The number of fused-ring (bicyclic) bond motifs is 1. The van der Waals surface area contributed by atoms with Gasteiger partial charge in [-0.3, -0.25) is 9.59 Å². The zero-order valence-corrected chi connectivity index (χ0v) is 17.3. The topological polar surface area (TPSA) is 65.4 Å². The Morgan fingerprint density at radius 1 is 0.839 bits per heavy atom. The molecule has 5 heteroatoms. The summed E-state index contributed by atoms with van der Waals surface area (Å²) in [7, 11) is 1.54. The van der Waals surface area contributed by atoms with Gasteiger partial charge in [0.2, 0.25) is 0 Å². The van der Waals surface area contributed by atoms with Crippen LogP contribution in [0, 0.1) is 6.92 Å². The number of nitrogens with zero attached hydrogens (tertiary/aromatic N) is 1. The maximum absolute atomic E-state index is 13.1. The summed E-state index contributed by atoms with van der Waals surface area (Å²) in [6.07, 6.45) is 0. The Bertz CT molecular complexity index is 1340. The predicted octanol–water partition coefficient (Wildman–Crippen LogP) is 4.55. The van der Waals surface area contributed by atoms with Crippen LogP contribution in [0.1, 0.15) is 26.4 Å². The molecule has 3 aromatic carbocycles. The number of carbonyl (C=O) groups excluding carboxylic acids is 2. The predicted molar refractivity (Wildman–Crippen MR) is 120 cm³/mol. The highest BCUT2D eigenvalue weighted by molar-refractivity contribution is 6.07. The molecule has 0 atom stereocenters. The summed E-state index contributed by atoms with van der Waals surface area (Å²) in [5.74, 6) is -1.02. The smallest absolute Gasteiger partial charge is 0.356 e. The van der Waals surface area contributed by atoms with Gasteiger partial charge in [0, 0.05) is 23.6 Å². The minimum absolute atomic E-state index is 0.117. The Labute approximate surface area is 179 Å². The maximum Gasteiger partial charge on any atom is 0.356 e. The van der Waals surface area contributed by atoms with Crippen LogP contribution >= 0.6 is 0 Å². The van der Waals surface area contributed by atoms with E-state index in [2.05, 4.69) is 0 Å². The standard InChI is InChI=1S/C26H21NO4/c1-17-12-14-18(15-13-17)22(28)16-31-26(30)24-23(19-8-4-3-5-9-19)20-10-6-7-11-21(20)25(29)27(24)2/h3-15H,16H2,1-2H3. The van der Waals surface area contributed by atoms with Crippen molar-refractivity contribution in [3.8, 4) is 11.1 Å². The molecule has 0 radical (unpaired) electrons. The SMILES string of the molecule is Cc1ccc(C(=O)COC(=O)c2c(-c3ccccc3)c3ccccc3c(=O)n2C)cc1. The Morgan fingerprint density at radius 3 is 2.13 bits per heavy atom. The summed E-state index contributed by atoms with van der Waals surface area (Å²) < 4.78 is 6.67. The lowest BCUT2D eigenvalue weighted by Gasteiger charge is -2.16. The second kappa shape index (κ2) is 8.40. The van der Waals surface area contributed by atoms with Crippen LogP contribution in [-0.4, -0.2) is 22.9 Å². The van der Waals surface area contributed by atoms with E-state index in [1.165, 1.54) is 4.57 Å². The van der Waals surface area contributed by atoms with Crippen LogP contribution in [-0.2, 0) is 11.8 Å². The molecule has 0 saturated carbocycles. The summed E-state index contributed by atoms with van der Waals surface area (Å²) in [5, 5.41) is 1.17. The van der Waals surface area contributed by atoms with Crippen molar-refractivity contribution in [1.82, 2.24) is 4.57 Å². The molecule has 5 nitrogen and oxygen atoms in total. The Balaban J connectivity index is 1.77.